The van der Waals surface area contributed by atoms with E-state index in [4.69, 9.17) is 5.26 Å². The second-order valence-corrected chi connectivity index (χ2v) is 9.38. The SMILES string of the molecule is CC[C@H]1CN([C@@H](C)c2ncc(OC(F)(F)F)cc2F)[C@H](CC)CN1c1cc(=O)n(C)c2cn(CC#N)nc12. The van der Waals surface area contributed by atoms with Crippen LogP contribution in [0.15, 0.2) is 29.3 Å². The fourth-order valence-electron chi connectivity index (χ4n) is 5.15. The third kappa shape index (κ3) is 5.31. The summed E-state index contributed by atoms with van der Waals surface area (Å²) in [6, 6.07) is 3.67. The third-order valence-corrected chi connectivity index (χ3v) is 7.13. The van der Waals surface area contributed by atoms with Crippen molar-refractivity contribution in [1.82, 2.24) is 24.2 Å². The summed E-state index contributed by atoms with van der Waals surface area (Å²) in [6.45, 7) is 6.87. The highest BCUT2D eigenvalue weighted by molar-refractivity contribution is 5.88. The van der Waals surface area contributed by atoms with Crippen LogP contribution in [0.3, 0.4) is 0 Å². The molecule has 4 heterocycles. The lowest BCUT2D eigenvalue weighted by Crippen LogP contribution is -2.59. The number of hydrogen-bond donors (Lipinski definition) is 0. The van der Waals surface area contributed by atoms with Crippen LogP contribution in [0.2, 0.25) is 0 Å². The van der Waals surface area contributed by atoms with Crippen LogP contribution < -0.4 is 15.2 Å². The van der Waals surface area contributed by atoms with E-state index in [0.29, 0.717) is 48.7 Å². The Bertz CT molecular complexity index is 1410. The Labute approximate surface area is 216 Å². The molecule has 1 aliphatic rings. The Kier molecular flexibility index (Phi) is 7.64. The van der Waals surface area contributed by atoms with E-state index in [9.17, 15) is 22.4 Å². The standard InChI is InChI=1S/C25H29F4N7O2/c1-5-16-13-36(20-10-22(37)33(4)21-14-34(8-7-30)32-24(20)21)17(6-2)12-35(16)15(3)23-19(26)9-18(11-31-23)38-25(27,28)29/h9-11,14-17H,5-6,8,12-13H2,1-4H3/t15-,16+,17-/m0/s1. The molecular formula is C25H29F4N7O2. The van der Waals surface area contributed by atoms with Gasteiger partial charge in [0.05, 0.1) is 41.4 Å². The van der Waals surface area contributed by atoms with Crippen LogP contribution in [0.5, 0.6) is 5.75 Å². The topological polar surface area (TPSA) is 92.2 Å². The molecule has 38 heavy (non-hydrogen) atoms. The Morgan fingerprint density at radius 2 is 1.92 bits per heavy atom. The summed E-state index contributed by atoms with van der Waals surface area (Å²) in [5.41, 5.74) is 1.75. The molecule has 0 aliphatic carbocycles. The lowest BCUT2D eigenvalue weighted by atomic mass is 9.98. The van der Waals surface area contributed by atoms with E-state index >= 15 is 0 Å². The summed E-state index contributed by atoms with van der Waals surface area (Å²) in [5.74, 6) is -1.58. The van der Waals surface area contributed by atoms with E-state index < -0.39 is 24.0 Å². The van der Waals surface area contributed by atoms with Crippen molar-refractivity contribution in [2.45, 2.75) is 64.6 Å². The number of aromatic nitrogens is 4. The lowest BCUT2D eigenvalue weighted by Gasteiger charge is -2.49. The molecule has 9 nitrogen and oxygen atoms in total. The van der Waals surface area contributed by atoms with Gasteiger partial charge in [0.1, 0.15) is 17.9 Å². The number of nitrogens with zero attached hydrogens (tertiary/aromatic N) is 7. The van der Waals surface area contributed by atoms with Gasteiger partial charge in [-0.3, -0.25) is 19.4 Å². The Balaban J connectivity index is 1.67. The van der Waals surface area contributed by atoms with E-state index in [1.165, 1.54) is 9.25 Å². The van der Waals surface area contributed by atoms with Crippen LogP contribution in [-0.2, 0) is 13.6 Å². The number of anilines is 1. The first kappa shape index (κ1) is 27.4. The van der Waals surface area contributed by atoms with Gasteiger partial charge in [-0.15, -0.1) is 13.2 Å². The molecule has 4 rings (SSSR count). The van der Waals surface area contributed by atoms with Gasteiger partial charge in [-0.2, -0.15) is 10.4 Å². The number of halogens is 4. The van der Waals surface area contributed by atoms with Gasteiger partial charge < -0.3 is 14.2 Å². The maximum Gasteiger partial charge on any atom is 0.573 e. The molecule has 0 saturated carbocycles. The van der Waals surface area contributed by atoms with Crippen LogP contribution >= 0.6 is 0 Å². The molecule has 3 atom stereocenters. The zero-order chi connectivity index (χ0) is 27.8. The summed E-state index contributed by atoms with van der Waals surface area (Å²) in [5, 5.41) is 13.7. The van der Waals surface area contributed by atoms with Crippen molar-refractivity contribution in [3.63, 3.8) is 0 Å². The highest BCUT2D eigenvalue weighted by Gasteiger charge is 2.38. The summed E-state index contributed by atoms with van der Waals surface area (Å²) >= 11 is 0. The number of hydrogen-bond acceptors (Lipinski definition) is 7. The van der Waals surface area contributed by atoms with Crippen LogP contribution in [0.1, 0.15) is 45.3 Å². The zero-order valence-electron chi connectivity index (χ0n) is 21.5. The fourth-order valence-corrected chi connectivity index (χ4v) is 5.15. The molecule has 1 aliphatic heterocycles. The first-order chi connectivity index (χ1) is 18.0. The maximum absolute atomic E-state index is 14.9. The molecule has 0 spiro atoms. The molecule has 1 saturated heterocycles. The molecule has 0 aromatic carbocycles. The number of rotatable bonds is 7. The monoisotopic (exact) mass is 535 g/mol. The van der Waals surface area contributed by atoms with E-state index in [1.807, 2.05) is 13.8 Å². The number of ether oxygens (including phenoxy) is 1. The molecule has 3 aromatic rings. The number of piperazine rings is 1. The molecular weight excluding hydrogens is 506 g/mol. The number of alkyl halides is 3. The van der Waals surface area contributed by atoms with Gasteiger partial charge in [-0.05, 0) is 19.8 Å². The highest BCUT2D eigenvalue weighted by Crippen LogP contribution is 2.35. The number of fused-ring (bicyclic) bond motifs is 1. The Hall–Kier alpha value is -3.66. The number of pyridine rings is 2. The molecule has 13 heteroatoms. The molecule has 1 fully saturated rings. The van der Waals surface area contributed by atoms with Gasteiger partial charge in [0.15, 0.2) is 5.75 Å². The lowest BCUT2D eigenvalue weighted by molar-refractivity contribution is -0.274. The molecule has 0 bridgehead atoms. The van der Waals surface area contributed by atoms with Gasteiger partial charge in [0.25, 0.3) is 5.56 Å². The molecule has 0 N–H and O–H groups in total. The number of nitriles is 1. The molecule has 3 aromatic heterocycles. The average Bonchev–Trinajstić information content (AvgIpc) is 3.28. The summed E-state index contributed by atoms with van der Waals surface area (Å²) < 4.78 is 59.3. The van der Waals surface area contributed by atoms with E-state index in [1.54, 1.807) is 26.2 Å². The molecule has 0 radical (unpaired) electrons. The third-order valence-electron chi connectivity index (χ3n) is 7.13. The summed E-state index contributed by atoms with van der Waals surface area (Å²) in [6.07, 6.45) is -0.965. The van der Waals surface area contributed by atoms with Crippen LogP contribution in [0.4, 0.5) is 23.2 Å². The predicted molar refractivity (Wildman–Crippen MR) is 132 cm³/mol. The van der Waals surface area contributed by atoms with Gasteiger partial charge in [-0.1, -0.05) is 13.8 Å². The maximum atomic E-state index is 14.9. The second kappa shape index (κ2) is 10.6. The average molecular weight is 536 g/mol. The Morgan fingerprint density at radius 1 is 1.21 bits per heavy atom. The highest BCUT2D eigenvalue weighted by atomic mass is 19.4. The summed E-state index contributed by atoms with van der Waals surface area (Å²) in [7, 11) is 1.66. The van der Waals surface area contributed by atoms with Crippen LogP contribution in [-0.4, -0.2) is 55.8 Å². The van der Waals surface area contributed by atoms with E-state index in [2.05, 4.69) is 30.7 Å². The van der Waals surface area contributed by atoms with Gasteiger partial charge in [0, 0.05) is 44.4 Å². The van der Waals surface area contributed by atoms with Crippen molar-refractivity contribution in [1.29, 1.82) is 5.26 Å². The minimum Gasteiger partial charge on any atom is -0.404 e. The van der Waals surface area contributed by atoms with Gasteiger partial charge >= 0.3 is 6.36 Å². The van der Waals surface area contributed by atoms with Gasteiger partial charge in [0.2, 0.25) is 0 Å². The van der Waals surface area contributed by atoms with Crippen LogP contribution in [0.25, 0.3) is 11.0 Å². The normalized spacial score (nSPS) is 19.5. The smallest absolute Gasteiger partial charge is 0.404 e. The first-order valence-electron chi connectivity index (χ1n) is 12.3. The van der Waals surface area contributed by atoms with Gasteiger partial charge in [-0.25, -0.2) is 4.39 Å². The van der Waals surface area contributed by atoms with Crippen molar-refractivity contribution in [2.75, 3.05) is 18.0 Å². The van der Waals surface area contributed by atoms with E-state index in [0.717, 1.165) is 6.20 Å². The second-order valence-electron chi connectivity index (χ2n) is 9.38. The van der Waals surface area contributed by atoms with Crippen LogP contribution in [0, 0.1) is 17.1 Å². The van der Waals surface area contributed by atoms with Crippen molar-refractivity contribution in [2.24, 2.45) is 7.05 Å². The molecule has 0 amide bonds. The fraction of sp³-hybridized carbons (Fsp3) is 0.520. The number of aryl methyl sites for hydroxylation is 1. The van der Waals surface area contributed by atoms with Crippen molar-refractivity contribution in [3.05, 3.63) is 46.4 Å². The van der Waals surface area contributed by atoms with Crippen molar-refractivity contribution in [3.8, 4) is 11.8 Å². The predicted octanol–water partition coefficient (Wildman–Crippen LogP) is 4.13. The van der Waals surface area contributed by atoms with Crippen molar-refractivity contribution >= 4 is 16.7 Å². The largest absolute Gasteiger partial charge is 0.573 e. The molecule has 204 valence electrons. The summed E-state index contributed by atoms with van der Waals surface area (Å²) in [4.78, 5) is 21.0. The van der Waals surface area contributed by atoms with E-state index in [-0.39, 0.29) is 29.9 Å². The Morgan fingerprint density at radius 3 is 2.53 bits per heavy atom. The van der Waals surface area contributed by atoms with Crippen molar-refractivity contribution < 1.29 is 22.3 Å². The first-order valence-corrected chi connectivity index (χ1v) is 12.3. The zero-order valence-corrected chi connectivity index (χ0v) is 21.5. The minimum absolute atomic E-state index is 0.0347. The minimum atomic E-state index is -4.94. The quantitative estimate of drug-likeness (QED) is 0.420. The molecule has 0 unspecified atom stereocenters.